The first-order valence-electron chi connectivity index (χ1n) is 9.30. The van der Waals surface area contributed by atoms with E-state index in [4.69, 9.17) is 0 Å². The molecule has 1 aliphatic rings. The smallest absolute Gasteiger partial charge is 0.261 e. The molecule has 0 atom stereocenters. The Kier molecular flexibility index (Phi) is 5.00. The van der Waals surface area contributed by atoms with Crippen LogP contribution in [-0.4, -0.2) is 37.3 Å². The maximum Gasteiger partial charge on any atom is 0.261 e. The fourth-order valence-corrected chi connectivity index (χ4v) is 4.58. The van der Waals surface area contributed by atoms with E-state index in [1.807, 2.05) is 12.1 Å². The van der Waals surface area contributed by atoms with Crippen LogP contribution in [0.3, 0.4) is 0 Å². The third kappa shape index (κ3) is 3.71. The number of nitrogens with one attached hydrogen (secondary N) is 1. The minimum atomic E-state index is -3.85. The third-order valence-electron chi connectivity index (χ3n) is 4.91. The van der Waals surface area contributed by atoms with Crippen molar-refractivity contribution in [1.29, 1.82) is 0 Å². The third-order valence-corrected chi connectivity index (χ3v) is 6.27. The number of carbonyl (C=O) groups excluding carboxylic acids is 1. The highest BCUT2D eigenvalue weighted by Crippen LogP contribution is 2.24. The average Bonchev–Trinajstić information content (AvgIpc) is 2.74. The molecule has 2 heterocycles. The number of anilines is 1. The highest BCUT2D eigenvalue weighted by molar-refractivity contribution is 7.92. The van der Waals surface area contributed by atoms with Crippen molar-refractivity contribution in [1.82, 2.24) is 9.88 Å². The average molecular weight is 395 g/mol. The van der Waals surface area contributed by atoms with Gasteiger partial charge in [0.1, 0.15) is 0 Å². The highest BCUT2D eigenvalue weighted by atomic mass is 32.2. The summed E-state index contributed by atoms with van der Waals surface area (Å²) < 4.78 is 28.5. The van der Waals surface area contributed by atoms with E-state index >= 15 is 0 Å². The molecule has 1 N–H and O–H groups in total. The number of rotatable bonds is 4. The van der Waals surface area contributed by atoms with Crippen LogP contribution in [0.2, 0.25) is 0 Å². The van der Waals surface area contributed by atoms with Crippen molar-refractivity contribution in [2.45, 2.75) is 24.2 Å². The molecule has 2 aromatic carbocycles. The molecule has 1 aromatic heterocycles. The maximum absolute atomic E-state index is 12.9. The first-order valence-corrected chi connectivity index (χ1v) is 10.8. The summed E-state index contributed by atoms with van der Waals surface area (Å²) in [5.74, 6) is -0.122. The quantitative estimate of drug-likeness (QED) is 0.731. The van der Waals surface area contributed by atoms with E-state index in [2.05, 4.69) is 9.71 Å². The standard InChI is InChI=1S/C21H21N3O3S/c25-21(24-13-2-1-3-14-24)17-8-4-10-18(15-17)28(26,27)23-19-11-5-7-16-9-6-12-22-20(16)19/h4-12,15,23H,1-3,13-14H2. The van der Waals surface area contributed by atoms with Gasteiger partial charge in [0.2, 0.25) is 0 Å². The van der Waals surface area contributed by atoms with Crippen molar-refractivity contribution in [2.75, 3.05) is 17.8 Å². The van der Waals surface area contributed by atoms with Gasteiger partial charge in [0.05, 0.1) is 16.1 Å². The number of likely N-dealkylation sites (tertiary alicyclic amines) is 1. The Bertz CT molecular complexity index is 1120. The minimum Gasteiger partial charge on any atom is -0.339 e. The lowest BCUT2D eigenvalue weighted by atomic mass is 10.1. The van der Waals surface area contributed by atoms with Gasteiger partial charge in [-0.25, -0.2) is 8.42 Å². The minimum absolute atomic E-state index is 0.0586. The van der Waals surface area contributed by atoms with Gasteiger partial charge in [0, 0.05) is 30.2 Å². The van der Waals surface area contributed by atoms with Gasteiger partial charge in [0.15, 0.2) is 0 Å². The van der Waals surface area contributed by atoms with E-state index in [-0.39, 0.29) is 10.8 Å². The molecule has 4 rings (SSSR count). The Morgan fingerprint density at radius 3 is 2.54 bits per heavy atom. The molecular formula is C21H21N3O3S. The summed E-state index contributed by atoms with van der Waals surface area (Å²) in [7, 11) is -3.85. The van der Waals surface area contributed by atoms with Crippen molar-refractivity contribution < 1.29 is 13.2 Å². The Morgan fingerprint density at radius 1 is 0.964 bits per heavy atom. The number of hydrogen-bond donors (Lipinski definition) is 1. The number of benzene rings is 2. The predicted octanol–water partition coefficient (Wildman–Crippen LogP) is 3.66. The molecule has 0 bridgehead atoms. The van der Waals surface area contributed by atoms with Gasteiger partial charge in [-0.2, -0.15) is 0 Å². The summed E-state index contributed by atoms with van der Waals surface area (Å²) in [6, 6.07) is 15.2. The number of hydrogen-bond acceptors (Lipinski definition) is 4. The second-order valence-corrected chi connectivity index (χ2v) is 8.55. The molecule has 0 aliphatic carbocycles. The van der Waals surface area contributed by atoms with Gasteiger partial charge in [-0.3, -0.25) is 14.5 Å². The number of para-hydroxylation sites is 1. The zero-order valence-corrected chi connectivity index (χ0v) is 16.2. The number of piperidine rings is 1. The molecule has 28 heavy (non-hydrogen) atoms. The van der Waals surface area contributed by atoms with Gasteiger partial charge in [-0.15, -0.1) is 0 Å². The van der Waals surface area contributed by atoms with Crippen LogP contribution in [0.1, 0.15) is 29.6 Å². The molecule has 1 saturated heterocycles. The largest absolute Gasteiger partial charge is 0.339 e. The van der Waals surface area contributed by atoms with E-state index in [0.29, 0.717) is 16.8 Å². The van der Waals surface area contributed by atoms with Crippen LogP contribution in [-0.2, 0) is 10.0 Å². The second-order valence-electron chi connectivity index (χ2n) is 6.87. The monoisotopic (exact) mass is 395 g/mol. The van der Waals surface area contributed by atoms with Crippen LogP contribution in [0.4, 0.5) is 5.69 Å². The molecule has 0 spiro atoms. The van der Waals surface area contributed by atoms with Crippen molar-refractivity contribution in [3.63, 3.8) is 0 Å². The van der Waals surface area contributed by atoms with Crippen LogP contribution in [0.5, 0.6) is 0 Å². The molecular weight excluding hydrogens is 374 g/mol. The second kappa shape index (κ2) is 7.59. The molecule has 1 amide bonds. The number of aromatic nitrogens is 1. The van der Waals surface area contributed by atoms with E-state index in [1.54, 1.807) is 41.4 Å². The lowest BCUT2D eigenvalue weighted by molar-refractivity contribution is 0.0724. The van der Waals surface area contributed by atoms with Crippen LogP contribution in [0, 0.1) is 0 Å². The summed E-state index contributed by atoms with van der Waals surface area (Å²) in [4.78, 5) is 18.8. The predicted molar refractivity (Wildman–Crippen MR) is 109 cm³/mol. The molecule has 1 aliphatic heterocycles. The normalized spacial score (nSPS) is 14.8. The van der Waals surface area contributed by atoms with Crippen molar-refractivity contribution in [3.05, 3.63) is 66.4 Å². The Hall–Kier alpha value is -2.93. The highest BCUT2D eigenvalue weighted by Gasteiger charge is 2.21. The fraction of sp³-hybridized carbons (Fsp3) is 0.238. The van der Waals surface area contributed by atoms with Gasteiger partial charge >= 0.3 is 0 Å². The molecule has 7 heteroatoms. The van der Waals surface area contributed by atoms with Crippen LogP contribution in [0.25, 0.3) is 10.9 Å². The first-order chi connectivity index (χ1) is 13.5. The number of carbonyl (C=O) groups is 1. The van der Waals surface area contributed by atoms with Gasteiger partial charge in [-0.1, -0.05) is 24.3 Å². The van der Waals surface area contributed by atoms with Crippen molar-refractivity contribution in [3.8, 4) is 0 Å². The molecule has 1 fully saturated rings. The number of amides is 1. The lowest BCUT2D eigenvalue weighted by Gasteiger charge is -2.26. The maximum atomic E-state index is 12.9. The number of sulfonamides is 1. The summed E-state index contributed by atoms with van der Waals surface area (Å²) in [6.45, 7) is 1.44. The molecule has 6 nitrogen and oxygen atoms in total. The number of nitrogens with zero attached hydrogens (tertiary/aromatic N) is 2. The number of pyridine rings is 1. The Labute approximate surface area is 164 Å². The summed E-state index contributed by atoms with van der Waals surface area (Å²) >= 11 is 0. The summed E-state index contributed by atoms with van der Waals surface area (Å²) in [6.07, 6.45) is 4.72. The van der Waals surface area contributed by atoms with Crippen LogP contribution in [0.15, 0.2) is 65.7 Å². The van der Waals surface area contributed by atoms with Crippen LogP contribution >= 0.6 is 0 Å². The Morgan fingerprint density at radius 2 is 1.71 bits per heavy atom. The van der Waals surface area contributed by atoms with Crippen molar-refractivity contribution in [2.24, 2.45) is 0 Å². The van der Waals surface area contributed by atoms with E-state index in [0.717, 1.165) is 37.7 Å². The fourth-order valence-electron chi connectivity index (χ4n) is 3.47. The van der Waals surface area contributed by atoms with E-state index < -0.39 is 10.0 Å². The van der Waals surface area contributed by atoms with Crippen LogP contribution < -0.4 is 4.72 Å². The topological polar surface area (TPSA) is 79.4 Å². The first kappa shape index (κ1) is 18.4. The van der Waals surface area contributed by atoms with Gasteiger partial charge in [-0.05, 0) is 49.6 Å². The molecule has 3 aromatic rings. The molecule has 0 radical (unpaired) electrons. The van der Waals surface area contributed by atoms with Crippen molar-refractivity contribution >= 4 is 32.5 Å². The Balaban J connectivity index is 1.63. The molecule has 0 unspecified atom stereocenters. The zero-order valence-electron chi connectivity index (χ0n) is 15.3. The summed E-state index contributed by atoms with van der Waals surface area (Å²) in [5.41, 5.74) is 1.38. The summed E-state index contributed by atoms with van der Waals surface area (Å²) in [5, 5.41) is 0.844. The van der Waals surface area contributed by atoms with E-state index in [1.165, 1.54) is 12.1 Å². The van der Waals surface area contributed by atoms with E-state index in [9.17, 15) is 13.2 Å². The van der Waals surface area contributed by atoms with Gasteiger partial charge in [0.25, 0.3) is 15.9 Å². The number of fused-ring (bicyclic) bond motifs is 1. The molecule has 144 valence electrons. The SMILES string of the molecule is O=C(c1cccc(S(=O)(=O)Nc2cccc3cccnc23)c1)N1CCCCC1. The van der Waals surface area contributed by atoms with Gasteiger partial charge < -0.3 is 4.90 Å². The lowest BCUT2D eigenvalue weighted by Crippen LogP contribution is -2.35. The zero-order chi connectivity index (χ0) is 19.6. The molecule has 0 saturated carbocycles.